The van der Waals surface area contributed by atoms with Crippen molar-refractivity contribution in [1.29, 1.82) is 0 Å². The number of aryl methyl sites for hydroxylation is 2. The van der Waals surface area contributed by atoms with E-state index in [0.29, 0.717) is 11.5 Å². The van der Waals surface area contributed by atoms with Gasteiger partial charge in [-0.2, -0.15) is 0 Å². The maximum atomic E-state index is 12.2. The van der Waals surface area contributed by atoms with Crippen molar-refractivity contribution in [3.63, 3.8) is 0 Å². The SMILES string of the molecule is Cc1ccc(S(=O)CCC2CCCC2=O)c(C)c1. The van der Waals surface area contributed by atoms with Crippen molar-refractivity contribution in [2.24, 2.45) is 5.92 Å². The largest absolute Gasteiger partial charge is 0.299 e. The van der Waals surface area contributed by atoms with Gasteiger partial charge in [-0.15, -0.1) is 0 Å². The Kier molecular flexibility index (Phi) is 4.33. The highest BCUT2D eigenvalue weighted by Crippen LogP contribution is 2.25. The summed E-state index contributed by atoms with van der Waals surface area (Å²) in [5.74, 6) is 1.15. The van der Waals surface area contributed by atoms with E-state index in [0.717, 1.165) is 36.1 Å². The standard InChI is InChI=1S/C15H20O2S/c1-11-6-7-15(12(2)10-11)18(17)9-8-13-4-3-5-14(13)16/h6-7,10,13H,3-5,8-9H2,1-2H3. The first-order valence-electron chi connectivity index (χ1n) is 6.56. The molecule has 0 saturated heterocycles. The summed E-state index contributed by atoms with van der Waals surface area (Å²) in [6.45, 7) is 4.04. The molecule has 1 aromatic carbocycles. The van der Waals surface area contributed by atoms with Crippen LogP contribution in [-0.2, 0) is 15.6 Å². The molecule has 0 spiro atoms. The van der Waals surface area contributed by atoms with Crippen LogP contribution in [0.5, 0.6) is 0 Å². The third kappa shape index (κ3) is 3.08. The Morgan fingerprint density at radius 3 is 2.72 bits per heavy atom. The van der Waals surface area contributed by atoms with E-state index in [1.807, 2.05) is 26.0 Å². The van der Waals surface area contributed by atoms with Gasteiger partial charge in [0.1, 0.15) is 5.78 Å². The van der Waals surface area contributed by atoms with Crippen LogP contribution in [-0.4, -0.2) is 15.7 Å². The molecule has 2 rings (SSSR count). The highest BCUT2D eigenvalue weighted by Gasteiger charge is 2.24. The summed E-state index contributed by atoms with van der Waals surface area (Å²) < 4.78 is 12.2. The van der Waals surface area contributed by atoms with E-state index in [4.69, 9.17) is 0 Å². The topological polar surface area (TPSA) is 34.1 Å². The summed E-state index contributed by atoms with van der Waals surface area (Å²) in [6.07, 6.45) is 3.50. The second-order valence-electron chi connectivity index (χ2n) is 5.16. The lowest BCUT2D eigenvalue weighted by Crippen LogP contribution is -2.11. The van der Waals surface area contributed by atoms with Crippen molar-refractivity contribution < 1.29 is 9.00 Å². The van der Waals surface area contributed by atoms with Crippen molar-refractivity contribution in [3.05, 3.63) is 29.3 Å². The minimum atomic E-state index is -0.966. The molecule has 2 atom stereocenters. The molecule has 2 nitrogen and oxygen atoms in total. The average Bonchev–Trinajstić information content (AvgIpc) is 2.72. The molecular formula is C15H20O2S. The lowest BCUT2D eigenvalue weighted by molar-refractivity contribution is -0.120. The van der Waals surface area contributed by atoms with Crippen LogP contribution in [0.2, 0.25) is 0 Å². The number of hydrogen-bond acceptors (Lipinski definition) is 2. The normalized spacial score (nSPS) is 21.2. The lowest BCUT2D eigenvalue weighted by atomic mass is 10.1. The van der Waals surface area contributed by atoms with Crippen molar-refractivity contribution in [3.8, 4) is 0 Å². The summed E-state index contributed by atoms with van der Waals surface area (Å²) in [5, 5.41) is 0. The van der Waals surface area contributed by atoms with E-state index >= 15 is 0 Å². The summed E-state index contributed by atoms with van der Waals surface area (Å²) >= 11 is 0. The van der Waals surface area contributed by atoms with Crippen molar-refractivity contribution in [2.75, 3.05) is 5.75 Å². The monoisotopic (exact) mass is 264 g/mol. The number of benzene rings is 1. The van der Waals surface area contributed by atoms with Gasteiger partial charge in [-0.05, 0) is 44.7 Å². The highest BCUT2D eigenvalue weighted by atomic mass is 32.2. The van der Waals surface area contributed by atoms with E-state index in [9.17, 15) is 9.00 Å². The van der Waals surface area contributed by atoms with Crippen LogP contribution in [0.4, 0.5) is 0 Å². The summed E-state index contributed by atoms with van der Waals surface area (Å²) in [7, 11) is -0.966. The zero-order valence-corrected chi connectivity index (χ0v) is 11.9. The maximum Gasteiger partial charge on any atom is 0.136 e. The van der Waals surface area contributed by atoms with Gasteiger partial charge >= 0.3 is 0 Å². The van der Waals surface area contributed by atoms with Crippen molar-refractivity contribution in [2.45, 2.75) is 44.4 Å². The molecule has 1 aliphatic rings. The van der Waals surface area contributed by atoms with Gasteiger partial charge in [0.05, 0.1) is 10.8 Å². The molecule has 2 unspecified atom stereocenters. The first-order valence-corrected chi connectivity index (χ1v) is 7.88. The van der Waals surface area contributed by atoms with E-state index < -0.39 is 10.8 Å². The quantitative estimate of drug-likeness (QED) is 0.837. The molecule has 0 heterocycles. The predicted octanol–water partition coefficient (Wildman–Crippen LogP) is 3.17. The molecule has 1 saturated carbocycles. The van der Waals surface area contributed by atoms with E-state index in [1.165, 1.54) is 5.56 Å². The summed E-state index contributed by atoms with van der Waals surface area (Å²) in [5.41, 5.74) is 2.28. The molecule has 0 amide bonds. The number of hydrogen-bond donors (Lipinski definition) is 0. The average molecular weight is 264 g/mol. The Morgan fingerprint density at radius 1 is 1.33 bits per heavy atom. The second kappa shape index (κ2) is 5.79. The first-order chi connectivity index (χ1) is 8.58. The van der Waals surface area contributed by atoms with Gasteiger partial charge in [-0.25, -0.2) is 0 Å². The fourth-order valence-electron chi connectivity index (χ4n) is 2.61. The number of carbonyl (C=O) groups excluding carboxylic acids is 1. The number of rotatable bonds is 4. The molecule has 98 valence electrons. The van der Waals surface area contributed by atoms with Gasteiger partial charge in [0, 0.05) is 23.0 Å². The van der Waals surface area contributed by atoms with Crippen LogP contribution in [0.25, 0.3) is 0 Å². The second-order valence-corrected chi connectivity index (χ2v) is 6.70. The summed E-state index contributed by atoms with van der Waals surface area (Å²) in [6, 6.07) is 6.02. The van der Waals surface area contributed by atoms with E-state index in [1.54, 1.807) is 0 Å². The molecule has 0 radical (unpaired) electrons. The fourth-order valence-corrected chi connectivity index (χ4v) is 3.96. The van der Waals surface area contributed by atoms with Gasteiger partial charge in [0.25, 0.3) is 0 Å². The maximum absolute atomic E-state index is 12.2. The van der Waals surface area contributed by atoms with Crippen molar-refractivity contribution in [1.82, 2.24) is 0 Å². The molecule has 0 aliphatic heterocycles. The Balaban J connectivity index is 1.97. The molecular weight excluding hydrogens is 244 g/mol. The molecule has 0 aromatic heterocycles. The molecule has 1 aliphatic carbocycles. The van der Waals surface area contributed by atoms with Crippen LogP contribution in [0, 0.1) is 19.8 Å². The molecule has 18 heavy (non-hydrogen) atoms. The van der Waals surface area contributed by atoms with Crippen LogP contribution >= 0.6 is 0 Å². The molecule has 1 fully saturated rings. The predicted molar refractivity (Wildman–Crippen MR) is 74.2 cm³/mol. The smallest absolute Gasteiger partial charge is 0.136 e. The zero-order chi connectivity index (χ0) is 13.1. The number of carbonyl (C=O) groups is 1. The molecule has 0 bridgehead atoms. The van der Waals surface area contributed by atoms with Crippen molar-refractivity contribution >= 4 is 16.6 Å². The van der Waals surface area contributed by atoms with Gasteiger partial charge < -0.3 is 0 Å². The summed E-state index contributed by atoms with van der Waals surface area (Å²) in [4.78, 5) is 12.5. The van der Waals surface area contributed by atoms with Crippen LogP contribution < -0.4 is 0 Å². The third-order valence-corrected chi connectivity index (χ3v) is 5.21. The van der Waals surface area contributed by atoms with Crippen LogP contribution in [0.3, 0.4) is 0 Å². The van der Waals surface area contributed by atoms with E-state index in [-0.39, 0.29) is 5.92 Å². The minimum Gasteiger partial charge on any atom is -0.299 e. The minimum absolute atomic E-state index is 0.166. The Hall–Kier alpha value is -0.960. The van der Waals surface area contributed by atoms with Crippen LogP contribution in [0.1, 0.15) is 36.8 Å². The van der Waals surface area contributed by atoms with E-state index in [2.05, 4.69) is 6.07 Å². The van der Waals surface area contributed by atoms with Gasteiger partial charge in [0.15, 0.2) is 0 Å². The third-order valence-electron chi connectivity index (χ3n) is 3.66. The Labute approximate surface area is 111 Å². The first kappa shape index (κ1) is 13.5. The van der Waals surface area contributed by atoms with Gasteiger partial charge in [-0.1, -0.05) is 17.7 Å². The molecule has 3 heteroatoms. The number of ketones is 1. The number of Topliss-reactive ketones (excluding diaryl/α,β-unsaturated/α-hetero) is 1. The highest BCUT2D eigenvalue weighted by molar-refractivity contribution is 7.85. The zero-order valence-electron chi connectivity index (χ0n) is 11.1. The van der Waals surface area contributed by atoms with Crippen LogP contribution in [0.15, 0.2) is 23.1 Å². The van der Waals surface area contributed by atoms with Gasteiger partial charge in [-0.3, -0.25) is 9.00 Å². The molecule has 1 aromatic rings. The van der Waals surface area contributed by atoms with Gasteiger partial charge in [0.2, 0.25) is 0 Å². The Bertz CT molecular complexity index is 479. The lowest BCUT2D eigenvalue weighted by Gasteiger charge is -2.09. The Morgan fingerprint density at radius 2 is 2.11 bits per heavy atom. The fraction of sp³-hybridized carbons (Fsp3) is 0.533. The molecule has 0 N–H and O–H groups in total.